The molecule has 0 saturated heterocycles. The minimum atomic E-state index is -0.536. The summed E-state index contributed by atoms with van der Waals surface area (Å²) >= 11 is 11.9. The topological polar surface area (TPSA) is 58.6 Å². The lowest BCUT2D eigenvalue weighted by Crippen LogP contribution is -2.38. The maximum absolute atomic E-state index is 12.3. The molecule has 1 N–H and O–H groups in total. The maximum Gasteiger partial charge on any atom is 0.307 e. The number of anilines is 1. The van der Waals surface area contributed by atoms with Gasteiger partial charge in [0.25, 0.3) is 7.41 Å². The van der Waals surface area contributed by atoms with Gasteiger partial charge in [0.05, 0.1) is 12.6 Å². The molecule has 0 bridgehead atoms. The molecule has 0 unspecified atom stereocenters. The summed E-state index contributed by atoms with van der Waals surface area (Å²) < 4.78 is 5.44. The van der Waals surface area contributed by atoms with E-state index in [4.69, 9.17) is 27.9 Å². The Morgan fingerprint density at radius 2 is 1.93 bits per heavy atom. The molecule has 0 radical (unpaired) electrons. The van der Waals surface area contributed by atoms with Crippen molar-refractivity contribution in [3.8, 4) is 0 Å². The van der Waals surface area contributed by atoms with Crippen LogP contribution in [0.1, 0.15) is 38.3 Å². The van der Waals surface area contributed by atoms with Crippen LogP contribution in [0.4, 0.5) is 5.69 Å². The van der Waals surface area contributed by atoms with E-state index in [9.17, 15) is 9.59 Å². The number of nitrogens with one attached hydrogen (secondary N) is 1. The Kier molecular flexibility index (Phi) is 10.9. The normalized spacial score (nSPS) is 12.4. The van der Waals surface area contributed by atoms with Crippen molar-refractivity contribution in [2.45, 2.75) is 52.2 Å². The number of esters is 1. The van der Waals surface area contributed by atoms with Gasteiger partial charge in [0.1, 0.15) is 5.60 Å². The Labute approximate surface area is 179 Å². The molecule has 0 spiro atoms. The highest BCUT2D eigenvalue weighted by Gasteiger charge is 2.21. The zero-order valence-electron chi connectivity index (χ0n) is 17.3. The van der Waals surface area contributed by atoms with Gasteiger partial charge in [-0.25, -0.2) is 0 Å². The van der Waals surface area contributed by atoms with E-state index in [2.05, 4.69) is 28.3 Å². The largest absolute Gasteiger partial charge is 0.460 e. The second-order valence-electron chi connectivity index (χ2n) is 7.74. The Morgan fingerprint density at radius 1 is 1.29 bits per heavy atom. The smallest absolute Gasteiger partial charge is 0.307 e. The van der Waals surface area contributed by atoms with Gasteiger partial charge in [-0.2, -0.15) is 0 Å². The van der Waals surface area contributed by atoms with Crippen LogP contribution in [-0.2, 0) is 20.7 Å². The van der Waals surface area contributed by atoms with Crippen LogP contribution in [0.15, 0.2) is 18.2 Å². The molecule has 1 aromatic rings. The second-order valence-corrected chi connectivity index (χ2v) is 8.50. The Bertz CT molecular complexity index is 632. The fourth-order valence-electron chi connectivity index (χ4n) is 2.93. The van der Waals surface area contributed by atoms with Crippen LogP contribution in [0.5, 0.6) is 0 Å². The number of hydrogen-bond donors (Lipinski definition) is 1. The molecule has 1 rings (SSSR count). The Morgan fingerprint density at radius 3 is 2.46 bits per heavy atom. The fourth-order valence-corrected chi connectivity index (χ4v) is 3.34. The molecule has 1 aromatic carbocycles. The average Bonchev–Trinajstić information content (AvgIpc) is 2.59. The van der Waals surface area contributed by atoms with Gasteiger partial charge >= 0.3 is 5.97 Å². The van der Waals surface area contributed by atoms with Gasteiger partial charge in [-0.3, -0.25) is 4.79 Å². The third-order valence-corrected chi connectivity index (χ3v) is 4.53. The molecule has 0 fully saturated rings. The molecule has 0 aliphatic carbocycles. The highest BCUT2D eigenvalue weighted by molar-refractivity contribution is 6.64. The average molecular weight is 429 g/mol. The van der Waals surface area contributed by atoms with Crippen molar-refractivity contribution in [2.24, 2.45) is 0 Å². The number of carbonyl (C=O) groups excluding carboxylic acids is 2. The van der Waals surface area contributed by atoms with Crippen molar-refractivity contribution in [1.82, 2.24) is 5.23 Å². The van der Waals surface area contributed by atoms with Crippen LogP contribution in [0.3, 0.4) is 0 Å². The highest BCUT2D eigenvalue weighted by Crippen LogP contribution is 2.22. The van der Waals surface area contributed by atoms with Crippen molar-refractivity contribution >= 4 is 48.5 Å². The number of rotatable bonds is 12. The number of hydrogen-bond acceptors (Lipinski definition) is 5. The molecule has 0 amide bonds. The van der Waals surface area contributed by atoms with E-state index >= 15 is 0 Å². The van der Waals surface area contributed by atoms with Crippen molar-refractivity contribution < 1.29 is 14.3 Å². The maximum atomic E-state index is 12.3. The first-order chi connectivity index (χ1) is 13.2. The lowest BCUT2D eigenvalue weighted by atomic mass is 9.91. The van der Waals surface area contributed by atoms with Crippen molar-refractivity contribution in [3.05, 3.63) is 29.3 Å². The van der Waals surface area contributed by atoms with Crippen LogP contribution < -0.4 is 10.1 Å². The number of alkyl halides is 2. The first kappa shape index (κ1) is 24.8. The quantitative estimate of drug-likeness (QED) is 0.240. The predicted molar refractivity (Wildman–Crippen MR) is 120 cm³/mol. The number of benzene rings is 1. The third kappa shape index (κ3) is 9.31. The summed E-state index contributed by atoms with van der Waals surface area (Å²) in [5.41, 5.74) is 2.75. The van der Waals surface area contributed by atoms with Gasteiger partial charge in [0, 0.05) is 36.6 Å². The van der Waals surface area contributed by atoms with Gasteiger partial charge in [0.15, 0.2) is 0 Å². The molecule has 0 aliphatic heterocycles. The molecule has 0 heterocycles. The highest BCUT2D eigenvalue weighted by atomic mass is 35.5. The van der Waals surface area contributed by atoms with Gasteiger partial charge in [-0.1, -0.05) is 6.07 Å². The molecule has 0 aromatic heterocycles. The molecule has 0 saturated carbocycles. The van der Waals surface area contributed by atoms with E-state index in [1.807, 2.05) is 27.7 Å². The zero-order chi connectivity index (χ0) is 21.2. The number of ether oxygens (including phenoxy) is 1. The minimum absolute atomic E-state index is 0.191. The summed E-state index contributed by atoms with van der Waals surface area (Å²) in [4.78, 5) is 25.2. The Balaban J connectivity index is 2.98. The number of halogens is 2. The molecular weight excluding hydrogens is 398 g/mol. The third-order valence-electron chi connectivity index (χ3n) is 4.20. The Hall–Kier alpha value is -1.24. The van der Waals surface area contributed by atoms with Gasteiger partial charge < -0.3 is 19.7 Å². The summed E-state index contributed by atoms with van der Waals surface area (Å²) in [6.07, 6.45) is 1.61. The second kappa shape index (κ2) is 12.4. The van der Waals surface area contributed by atoms with Gasteiger partial charge in [0.2, 0.25) is 0 Å². The van der Waals surface area contributed by atoms with E-state index in [0.717, 1.165) is 23.0 Å². The summed E-state index contributed by atoms with van der Waals surface area (Å²) in [6, 6.07) is 6.03. The van der Waals surface area contributed by atoms with Crippen LogP contribution >= 0.6 is 23.2 Å². The fraction of sp³-hybridized carbons (Fsp3) is 0.600. The molecule has 156 valence electrons. The molecule has 5 nitrogen and oxygen atoms in total. The summed E-state index contributed by atoms with van der Waals surface area (Å²) in [5.74, 6) is 0.750. The summed E-state index contributed by atoms with van der Waals surface area (Å²) in [6.45, 7) is 8.98. The molecule has 28 heavy (non-hydrogen) atoms. The van der Waals surface area contributed by atoms with Gasteiger partial charge in [-0.15, -0.1) is 23.2 Å². The predicted octanol–water partition coefficient (Wildman–Crippen LogP) is 3.05. The standard InChI is InChI=1S/C20H31BCl2N2O3/c1-15-5-6-18(25(9-7-22)10-8-23)12-16(15)11-17(24-21-14-26)13-19(27)28-20(2,3)4/h5-6,12,14,17,21,24H,7-11,13H2,1-4H3/t17-/m1/s1. The van der Waals surface area contributed by atoms with Crippen LogP contribution in [-0.4, -0.2) is 56.1 Å². The summed E-state index contributed by atoms with van der Waals surface area (Å²) in [7, 11) is 0.191. The van der Waals surface area contributed by atoms with Crippen LogP contribution in [0.25, 0.3) is 0 Å². The van der Waals surface area contributed by atoms with Crippen molar-refractivity contribution in [1.29, 1.82) is 0 Å². The zero-order valence-corrected chi connectivity index (χ0v) is 18.8. The molecule has 8 heteroatoms. The molecular formula is C20H31BCl2N2O3. The van der Waals surface area contributed by atoms with Gasteiger partial charge in [-0.05, 0) is 57.4 Å². The monoisotopic (exact) mass is 428 g/mol. The van der Waals surface area contributed by atoms with Crippen molar-refractivity contribution in [2.75, 3.05) is 29.7 Å². The lowest BCUT2D eigenvalue weighted by molar-refractivity contribution is -0.155. The van der Waals surface area contributed by atoms with E-state index in [1.54, 1.807) is 0 Å². The summed E-state index contributed by atoms with van der Waals surface area (Å²) in [5, 5.41) is 3.14. The molecule has 0 aliphatic rings. The van der Waals surface area contributed by atoms with E-state index in [1.165, 1.54) is 0 Å². The van der Waals surface area contributed by atoms with Crippen molar-refractivity contribution in [3.63, 3.8) is 0 Å². The SMILES string of the molecule is Cc1ccc(N(CCCl)CCCl)cc1C[C@H](CC(=O)OC(C)(C)C)NBC=O. The number of nitrogens with zero attached hydrogens (tertiary/aromatic N) is 1. The molecule has 1 atom stereocenters. The van der Waals surface area contributed by atoms with Crippen LogP contribution in [0, 0.1) is 6.92 Å². The minimum Gasteiger partial charge on any atom is -0.460 e. The first-order valence-corrected chi connectivity index (χ1v) is 10.6. The van der Waals surface area contributed by atoms with E-state index in [0.29, 0.717) is 31.3 Å². The number of carbonyl (C=O) groups is 2. The first-order valence-electron chi connectivity index (χ1n) is 9.55. The number of aryl methyl sites for hydroxylation is 1. The van der Waals surface area contributed by atoms with E-state index in [-0.39, 0.29) is 25.8 Å². The van der Waals surface area contributed by atoms with E-state index < -0.39 is 5.60 Å². The lowest BCUT2D eigenvalue weighted by Gasteiger charge is -2.26. The van der Waals surface area contributed by atoms with Crippen LogP contribution in [0.2, 0.25) is 0 Å².